The van der Waals surface area contributed by atoms with Crippen molar-refractivity contribution in [1.82, 2.24) is 10.2 Å². The van der Waals surface area contributed by atoms with Crippen molar-refractivity contribution in [2.24, 2.45) is 0 Å². The van der Waals surface area contributed by atoms with E-state index in [1.807, 2.05) is 23.1 Å². The highest BCUT2D eigenvalue weighted by Crippen LogP contribution is 2.32. The molecule has 0 radical (unpaired) electrons. The van der Waals surface area contributed by atoms with Gasteiger partial charge in [0.25, 0.3) is 5.91 Å². The van der Waals surface area contributed by atoms with Crippen molar-refractivity contribution in [3.63, 3.8) is 0 Å². The Labute approximate surface area is 187 Å². The summed E-state index contributed by atoms with van der Waals surface area (Å²) in [7, 11) is 3.20. The lowest BCUT2D eigenvalue weighted by Gasteiger charge is -2.32. The minimum atomic E-state index is -0.137. The number of nitrogens with one attached hydrogen (secondary N) is 1. The summed E-state index contributed by atoms with van der Waals surface area (Å²) in [5, 5.41) is 3.07. The molecule has 0 unspecified atom stereocenters. The average Bonchev–Trinajstić information content (AvgIpc) is 3.30. The van der Waals surface area contributed by atoms with Crippen molar-refractivity contribution in [2.75, 3.05) is 34.1 Å². The minimum Gasteiger partial charge on any atom is -0.493 e. The molecule has 0 atom stereocenters. The van der Waals surface area contributed by atoms with E-state index in [2.05, 4.69) is 5.32 Å². The topological polar surface area (TPSA) is 86.3 Å². The van der Waals surface area contributed by atoms with E-state index < -0.39 is 0 Å². The lowest BCUT2D eigenvalue weighted by Crippen LogP contribution is -2.46. The number of methoxy groups -OCH3 is 2. The maximum atomic E-state index is 12.7. The largest absolute Gasteiger partial charge is 0.493 e. The van der Waals surface area contributed by atoms with Gasteiger partial charge in [-0.25, -0.2) is 0 Å². The third kappa shape index (κ3) is 4.90. The monoisotopic (exact) mass is 440 g/mol. The van der Waals surface area contributed by atoms with Gasteiger partial charge in [-0.3, -0.25) is 9.59 Å². The van der Waals surface area contributed by atoms with Gasteiger partial charge in [0, 0.05) is 31.1 Å². The maximum absolute atomic E-state index is 12.7. The molecule has 2 aromatic rings. The normalized spacial score (nSPS) is 15.4. The fourth-order valence-electron chi connectivity index (χ4n) is 4.03. The molecule has 170 valence electrons. The van der Waals surface area contributed by atoms with Crippen LogP contribution in [0.3, 0.4) is 0 Å². The Bertz CT molecular complexity index is 984. The predicted octanol–water partition coefficient (Wildman–Crippen LogP) is 2.79. The molecule has 32 heavy (non-hydrogen) atoms. The second kappa shape index (κ2) is 9.80. The molecule has 8 heteroatoms. The average molecular weight is 440 g/mol. The number of carbonyl (C=O) groups excluding carboxylic acids is 2. The van der Waals surface area contributed by atoms with Crippen molar-refractivity contribution >= 4 is 11.8 Å². The van der Waals surface area contributed by atoms with Crippen molar-refractivity contribution < 1.29 is 28.5 Å². The van der Waals surface area contributed by atoms with Crippen molar-refractivity contribution in [1.29, 1.82) is 0 Å². The number of benzene rings is 2. The SMILES string of the molecule is COc1ccc(CCC(=O)N2CCC(NC(=O)c3ccc4c(c3)OCO4)CC2)cc1OC. The molecule has 0 aliphatic carbocycles. The Kier molecular flexibility index (Phi) is 6.68. The smallest absolute Gasteiger partial charge is 0.251 e. The lowest BCUT2D eigenvalue weighted by molar-refractivity contribution is -0.132. The Morgan fingerprint density at radius 3 is 2.50 bits per heavy atom. The molecule has 1 fully saturated rings. The van der Waals surface area contributed by atoms with Gasteiger partial charge in [-0.1, -0.05) is 6.07 Å². The van der Waals surface area contributed by atoms with E-state index in [4.69, 9.17) is 18.9 Å². The molecule has 2 amide bonds. The Morgan fingerprint density at radius 2 is 1.75 bits per heavy atom. The molecule has 0 bridgehead atoms. The summed E-state index contributed by atoms with van der Waals surface area (Å²) in [5.74, 6) is 2.57. The molecule has 0 spiro atoms. The first-order valence-electron chi connectivity index (χ1n) is 10.8. The van der Waals surface area contributed by atoms with Crippen LogP contribution in [0, 0.1) is 0 Å². The van der Waals surface area contributed by atoms with E-state index in [-0.39, 0.29) is 24.6 Å². The van der Waals surface area contributed by atoms with Crippen LogP contribution in [-0.4, -0.2) is 56.9 Å². The van der Waals surface area contributed by atoms with E-state index in [0.29, 0.717) is 54.5 Å². The van der Waals surface area contributed by atoms with Gasteiger partial charge in [0.1, 0.15) is 0 Å². The first-order valence-corrected chi connectivity index (χ1v) is 10.8. The number of fused-ring (bicyclic) bond motifs is 1. The van der Waals surface area contributed by atoms with Gasteiger partial charge in [0.05, 0.1) is 14.2 Å². The molecular weight excluding hydrogens is 412 g/mol. The van der Waals surface area contributed by atoms with Crippen LogP contribution in [0.15, 0.2) is 36.4 Å². The number of nitrogens with zero attached hydrogens (tertiary/aromatic N) is 1. The molecule has 1 saturated heterocycles. The highest BCUT2D eigenvalue weighted by molar-refractivity contribution is 5.95. The van der Waals surface area contributed by atoms with E-state index >= 15 is 0 Å². The zero-order chi connectivity index (χ0) is 22.5. The first-order chi connectivity index (χ1) is 15.6. The predicted molar refractivity (Wildman–Crippen MR) is 118 cm³/mol. The van der Waals surface area contributed by atoms with Crippen LogP contribution in [0.25, 0.3) is 0 Å². The van der Waals surface area contributed by atoms with Gasteiger partial charge in [-0.05, 0) is 55.2 Å². The van der Waals surface area contributed by atoms with Gasteiger partial charge in [-0.2, -0.15) is 0 Å². The summed E-state index contributed by atoms with van der Waals surface area (Å²) in [6.45, 7) is 1.45. The van der Waals surface area contributed by atoms with E-state index in [1.165, 1.54) is 0 Å². The van der Waals surface area contributed by atoms with Crippen molar-refractivity contribution in [2.45, 2.75) is 31.7 Å². The van der Waals surface area contributed by atoms with E-state index in [1.54, 1.807) is 32.4 Å². The maximum Gasteiger partial charge on any atom is 0.251 e. The summed E-state index contributed by atoms with van der Waals surface area (Å²) in [6, 6.07) is 10.9. The van der Waals surface area contributed by atoms with E-state index in [0.717, 1.165) is 18.4 Å². The summed E-state index contributed by atoms with van der Waals surface area (Å²) < 4.78 is 21.2. The fourth-order valence-corrected chi connectivity index (χ4v) is 4.03. The molecule has 0 saturated carbocycles. The molecule has 2 aliphatic rings. The number of ether oxygens (including phenoxy) is 4. The highest BCUT2D eigenvalue weighted by atomic mass is 16.7. The summed E-state index contributed by atoms with van der Waals surface area (Å²) in [4.78, 5) is 27.1. The van der Waals surface area contributed by atoms with Gasteiger partial charge in [-0.15, -0.1) is 0 Å². The summed E-state index contributed by atoms with van der Waals surface area (Å²) in [5.41, 5.74) is 1.57. The zero-order valence-corrected chi connectivity index (χ0v) is 18.4. The lowest BCUT2D eigenvalue weighted by atomic mass is 10.0. The van der Waals surface area contributed by atoms with Crippen LogP contribution < -0.4 is 24.3 Å². The summed E-state index contributed by atoms with van der Waals surface area (Å²) >= 11 is 0. The molecular formula is C24H28N2O6. The van der Waals surface area contributed by atoms with E-state index in [9.17, 15) is 9.59 Å². The number of amides is 2. The van der Waals surface area contributed by atoms with Crippen molar-refractivity contribution in [3.05, 3.63) is 47.5 Å². The highest BCUT2D eigenvalue weighted by Gasteiger charge is 2.25. The molecule has 4 rings (SSSR count). The van der Waals surface area contributed by atoms with Crippen LogP contribution in [0.1, 0.15) is 35.2 Å². The van der Waals surface area contributed by atoms with Gasteiger partial charge in [0.15, 0.2) is 23.0 Å². The van der Waals surface area contributed by atoms with Crippen LogP contribution >= 0.6 is 0 Å². The third-order valence-corrected chi connectivity index (χ3v) is 5.89. The molecule has 2 heterocycles. The van der Waals surface area contributed by atoms with Crippen LogP contribution in [0.4, 0.5) is 0 Å². The van der Waals surface area contributed by atoms with Crippen LogP contribution in [0.5, 0.6) is 23.0 Å². The molecule has 0 aromatic heterocycles. The second-order valence-corrected chi connectivity index (χ2v) is 7.89. The summed E-state index contributed by atoms with van der Waals surface area (Å²) in [6.07, 6.45) is 2.54. The van der Waals surface area contributed by atoms with Crippen LogP contribution in [-0.2, 0) is 11.2 Å². The standard InChI is InChI=1S/C24H28N2O6/c1-29-19-6-3-16(13-21(19)30-2)4-8-23(27)26-11-9-18(10-12-26)25-24(28)17-5-7-20-22(14-17)32-15-31-20/h3,5-7,13-14,18H,4,8-12,15H2,1-2H3,(H,25,28). The van der Waals surface area contributed by atoms with Gasteiger partial charge >= 0.3 is 0 Å². The molecule has 2 aliphatic heterocycles. The number of hydrogen-bond acceptors (Lipinski definition) is 6. The number of hydrogen-bond donors (Lipinski definition) is 1. The van der Waals surface area contributed by atoms with Crippen LogP contribution in [0.2, 0.25) is 0 Å². The minimum absolute atomic E-state index is 0.0443. The second-order valence-electron chi connectivity index (χ2n) is 7.89. The molecule has 8 nitrogen and oxygen atoms in total. The third-order valence-electron chi connectivity index (χ3n) is 5.89. The number of likely N-dealkylation sites (tertiary alicyclic amines) is 1. The number of piperidine rings is 1. The van der Waals surface area contributed by atoms with Gasteiger partial charge in [0.2, 0.25) is 12.7 Å². The Morgan fingerprint density at radius 1 is 1.00 bits per heavy atom. The van der Waals surface area contributed by atoms with Gasteiger partial charge < -0.3 is 29.2 Å². The molecule has 1 N–H and O–H groups in total. The number of carbonyl (C=O) groups is 2. The quantitative estimate of drug-likeness (QED) is 0.713. The Balaban J connectivity index is 1.23. The molecule has 2 aromatic carbocycles. The number of aryl methyl sites for hydroxylation is 1. The first kappa shape index (κ1) is 21.8. The van der Waals surface area contributed by atoms with Crippen molar-refractivity contribution in [3.8, 4) is 23.0 Å². The zero-order valence-electron chi connectivity index (χ0n) is 18.4. The fraction of sp³-hybridized carbons (Fsp3) is 0.417. The number of rotatable bonds is 7. The Hall–Kier alpha value is -3.42.